The largest absolute Gasteiger partial charge is 0.300 e. The number of rotatable bonds is 9. The topological polar surface area (TPSA) is 51.3 Å². The number of aromatic nitrogens is 2. The van der Waals surface area contributed by atoms with Crippen LogP contribution in [0.4, 0.5) is 5.69 Å². The van der Waals surface area contributed by atoms with E-state index in [1.54, 1.807) is 6.20 Å². The predicted molar refractivity (Wildman–Crippen MR) is 138 cm³/mol. The highest BCUT2D eigenvalue weighted by Gasteiger charge is 2.23. The summed E-state index contributed by atoms with van der Waals surface area (Å²) in [5.74, 6) is 0. The molecule has 1 fully saturated rings. The summed E-state index contributed by atoms with van der Waals surface area (Å²) in [6, 6.07) is 14.6. The lowest BCUT2D eigenvalue weighted by atomic mass is 10.0. The first-order chi connectivity index (χ1) is 16.6. The van der Waals surface area contributed by atoms with E-state index in [0.29, 0.717) is 5.56 Å². The van der Waals surface area contributed by atoms with Gasteiger partial charge in [-0.1, -0.05) is 36.7 Å². The molecule has 0 N–H and O–H groups in total. The number of piperazine rings is 1. The maximum atomic E-state index is 9.93. The van der Waals surface area contributed by atoms with Crippen LogP contribution in [0.2, 0.25) is 5.02 Å². The first kappa shape index (κ1) is 24.3. The van der Waals surface area contributed by atoms with Crippen LogP contribution >= 0.6 is 11.6 Å². The smallest absolute Gasteiger partial charge is 0.114 e. The minimum atomic E-state index is 0.712. The molecular weight excluding hydrogens is 444 g/mol. The average molecular weight is 477 g/mol. The highest BCUT2D eigenvalue weighted by Crippen LogP contribution is 2.30. The van der Waals surface area contributed by atoms with E-state index in [2.05, 4.69) is 57.9 Å². The summed E-state index contributed by atoms with van der Waals surface area (Å²) in [6.45, 7) is 11.2. The number of hydrogen-bond acceptors (Lipinski definition) is 5. The van der Waals surface area contributed by atoms with Crippen molar-refractivity contribution in [1.82, 2.24) is 19.5 Å². The second-order valence-corrected chi connectivity index (χ2v) is 9.37. The van der Waals surface area contributed by atoms with E-state index < -0.39 is 0 Å². The third kappa shape index (κ3) is 5.79. The van der Waals surface area contributed by atoms with Gasteiger partial charge < -0.3 is 4.90 Å². The average Bonchev–Trinajstić information content (AvgIpc) is 3.39. The Morgan fingerprint density at radius 1 is 1.06 bits per heavy atom. The van der Waals surface area contributed by atoms with Gasteiger partial charge in [-0.15, -0.1) is 0 Å². The molecule has 0 amide bonds. The number of hydrogen-bond donors (Lipinski definition) is 0. The zero-order chi connectivity index (χ0) is 23.9. The summed E-state index contributed by atoms with van der Waals surface area (Å²) < 4.78 is 2.00. The minimum absolute atomic E-state index is 0.712. The van der Waals surface area contributed by atoms with Crippen LogP contribution in [0.5, 0.6) is 0 Å². The molecule has 3 aromatic rings. The molecule has 0 aliphatic carbocycles. The third-order valence-electron chi connectivity index (χ3n) is 6.58. The van der Waals surface area contributed by atoms with Gasteiger partial charge in [-0.05, 0) is 54.7 Å². The first-order valence-corrected chi connectivity index (χ1v) is 12.4. The highest BCUT2D eigenvalue weighted by molar-refractivity contribution is 6.30. The normalized spacial score (nSPS) is 14.8. The van der Waals surface area contributed by atoms with Gasteiger partial charge in [-0.25, -0.2) is 9.66 Å². The molecule has 4 rings (SSSR count). The monoisotopic (exact) mass is 476 g/mol. The fourth-order valence-electron chi connectivity index (χ4n) is 4.60. The Kier molecular flexibility index (Phi) is 8.23. The lowest BCUT2D eigenvalue weighted by molar-refractivity contribution is 0.128. The number of aryl methyl sites for hydroxylation is 1. The summed E-state index contributed by atoms with van der Waals surface area (Å²) in [4.78, 5) is 9.30. The molecule has 0 spiro atoms. The molecule has 2 heterocycles. The molecule has 0 radical (unpaired) electrons. The van der Waals surface area contributed by atoms with E-state index in [-0.39, 0.29) is 0 Å². The Labute approximate surface area is 208 Å². The van der Waals surface area contributed by atoms with E-state index in [1.165, 1.54) is 16.7 Å². The third-order valence-corrected chi connectivity index (χ3v) is 6.83. The summed E-state index contributed by atoms with van der Waals surface area (Å²) in [5.41, 5.74) is 5.50. The van der Waals surface area contributed by atoms with Crippen LogP contribution in [-0.4, -0.2) is 58.7 Å². The van der Waals surface area contributed by atoms with Gasteiger partial charge in [0.2, 0.25) is 0 Å². The highest BCUT2D eigenvalue weighted by atomic mass is 35.5. The minimum Gasteiger partial charge on any atom is -0.300 e. The summed E-state index contributed by atoms with van der Waals surface area (Å²) in [5, 5.41) is 12.9. The SMILES string of the molecule is CCCN(c1c(C#N)ccc(C)c1CN1CCN(CCc2ccc(Cl)cc2)CC1)n1ccnc1. The van der Waals surface area contributed by atoms with Crippen LogP contribution in [0.25, 0.3) is 0 Å². The number of imidazole rings is 1. The zero-order valence-corrected chi connectivity index (χ0v) is 20.9. The fourth-order valence-corrected chi connectivity index (χ4v) is 4.73. The summed E-state index contributed by atoms with van der Waals surface area (Å²) in [6.07, 6.45) is 7.56. The van der Waals surface area contributed by atoms with E-state index in [4.69, 9.17) is 11.6 Å². The van der Waals surface area contributed by atoms with Gasteiger partial charge in [0.25, 0.3) is 0 Å². The Morgan fingerprint density at radius 2 is 1.79 bits per heavy atom. The molecule has 0 atom stereocenters. The number of halogens is 1. The van der Waals surface area contributed by atoms with Crippen molar-refractivity contribution in [3.63, 3.8) is 0 Å². The lowest BCUT2D eigenvalue weighted by Crippen LogP contribution is -2.46. The Balaban J connectivity index is 1.46. The van der Waals surface area contributed by atoms with Gasteiger partial charge in [0.15, 0.2) is 0 Å². The van der Waals surface area contributed by atoms with Crippen LogP contribution in [0.15, 0.2) is 55.1 Å². The first-order valence-electron chi connectivity index (χ1n) is 12.1. The van der Waals surface area contributed by atoms with Crippen LogP contribution < -0.4 is 5.01 Å². The number of benzene rings is 2. The second-order valence-electron chi connectivity index (χ2n) is 8.93. The standard InChI is InChI=1S/C27H33ClN6/c1-3-12-34(33-14-11-30-21-33)27-24(19-29)7-4-22(2)26(27)20-32-17-15-31(16-18-32)13-10-23-5-8-25(28)9-6-23/h4-9,11,14,21H,3,10,12-13,15-18,20H2,1-2H3. The van der Waals surface area contributed by atoms with Gasteiger partial charge in [0, 0.05) is 63.2 Å². The van der Waals surface area contributed by atoms with Crippen LogP contribution in [-0.2, 0) is 13.0 Å². The molecule has 1 aliphatic rings. The quantitative estimate of drug-likeness (QED) is 0.445. The molecule has 1 saturated heterocycles. The van der Waals surface area contributed by atoms with E-state index in [1.807, 2.05) is 35.4 Å². The zero-order valence-electron chi connectivity index (χ0n) is 20.1. The molecule has 0 saturated carbocycles. The fraction of sp³-hybridized carbons (Fsp3) is 0.407. The van der Waals surface area contributed by atoms with Crippen LogP contribution in [0.3, 0.4) is 0 Å². The Bertz CT molecular complexity index is 1100. The van der Waals surface area contributed by atoms with Crippen LogP contribution in [0, 0.1) is 18.3 Å². The lowest BCUT2D eigenvalue weighted by Gasteiger charge is -2.36. The number of anilines is 1. The van der Waals surface area contributed by atoms with Crippen molar-refractivity contribution in [1.29, 1.82) is 5.26 Å². The molecule has 0 unspecified atom stereocenters. The van der Waals surface area contributed by atoms with E-state index >= 15 is 0 Å². The van der Waals surface area contributed by atoms with Crippen molar-refractivity contribution in [2.24, 2.45) is 0 Å². The van der Waals surface area contributed by atoms with Crippen LogP contribution in [0.1, 0.15) is 35.6 Å². The van der Waals surface area contributed by atoms with Crippen molar-refractivity contribution in [3.05, 3.63) is 82.4 Å². The van der Waals surface area contributed by atoms with Crippen molar-refractivity contribution >= 4 is 17.3 Å². The molecule has 34 heavy (non-hydrogen) atoms. The molecule has 0 bridgehead atoms. The Morgan fingerprint density at radius 3 is 2.44 bits per heavy atom. The molecular formula is C27H33ClN6. The number of nitrogens with zero attached hydrogens (tertiary/aromatic N) is 6. The number of nitriles is 1. The van der Waals surface area contributed by atoms with Crippen molar-refractivity contribution < 1.29 is 0 Å². The molecule has 2 aromatic carbocycles. The van der Waals surface area contributed by atoms with Gasteiger partial charge >= 0.3 is 0 Å². The molecule has 1 aromatic heterocycles. The molecule has 1 aliphatic heterocycles. The Hall–Kier alpha value is -2.85. The van der Waals surface area contributed by atoms with Gasteiger partial charge in [-0.2, -0.15) is 5.26 Å². The predicted octanol–water partition coefficient (Wildman–Crippen LogP) is 4.76. The maximum Gasteiger partial charge on any atom is 0.114 e. The molecule has 6 nitrogen and oxygen atoms in total. The second kappa shape index (κ2) is 11.5. The van der Waals surface area contributed by atoms with Gasteiger partial charge in [0.05, 0.1) is 11.3 Å². The van der Waals surface area contributed by atoms with E-state index in [9.17, 15) is 5.26 Å². The van der Waals surface area contributed by atoms with E-state index in [0.717, 1.165) is 69.4 Å². The molecule has 178 valence electrons. The van der Waals surface area contributed by atoms with Crippen molar-refractivity contribution in [3.8, 4) is 6.07 Å². The van der Waals surface area contributed by atoms with Crippen molar-refractivity contribution in [2.75, 3.05) is 44.3 Å². The van der Waals surface area contributed by atoms with Gasteiger partial charge in [-0.3, -0.25) is 9.91 Å². The van der Waals surface area contributed by atoms with Crippen molar-refractivity contribution in [2.45, 2.75) is 33.2 Å². The maximum absolute atomic E-state index is 9.93. The van der Waals surface area contributed by atoms with Gasteiger partial charge in [0.1, 0.15) is 12.4 Å². The summed E-state index contributed by atoms with van der Waals surface area (Å²) >= 11 is 6.01. The molecule has 7 heteroatoms. The summed E-state index contributed by atoms with van der Waals surface area (Å²) in [7, 11) is 0.